The van der Waals surface area contributed by atoms with Gasteiger partial charge in [-0.2, -0.15) is 0 Å². The van der Waals surface area contributed by atoms with Crippen LogP contribution in [0.5, 0.6) is 11.5 Å². The summed E-state index contributed by atoms with van der Waals surface area (Å²) < 4.78 is 23.6. The topological polar surface area (TPSA) is 36.9 Å². The molecule has 26 heavy (non-hydrogen) atoms. The monoisotopic (exact) mass is 360 g/mol. The van der Waals surface area contributed by atoms with E-state index in [1.165, 1.54) is 0 Å². The Morgan fingerprint density at radius 1 is 0.654 bits per heavy atom. The van der Waals surface area contributed by atoms with E-state index in [9.17, 15) is 0 Å². The summed E-state index contributed by atoms with van der Waals surface area (Å²) in [5.74, 6) is 2.25. The van der Waals surface area contributed by atoms with Crippen molar-refractivity contribution < 1.29 is 18.9 Å². The van der Waals surface area contributed by atoms with Gasteiger partial charge in [0, 0.05) is 0 Å². The van der Waals surface area contributed by atoms with Gasteiger partial charge >= 0.3 is 0 Å². The van der Waals surface area contributed by atoms with Crippen LogP contribution in [0, 0.1) is 11.8 Å². The molecule has 144 valence electrons. The molecule has 4 heteroatoms. The second-order valence-corrected chi connectivity index (χ2v) is 7.47. The molecule has 2 rings (SSSR count). The average molecular weight is 360 g/mol. The number of ether oxygens (including phenoxy) is 4. The normalized spacial score (nSPS) is 14.0. The predicted molar refractivity (Wildman–Crippen MR) is 106 cm³/mol. The van der Waals surface area contributed by atoms with Crippen LogP contribution in [0.3, 0.4) is 0 Å². The maximum absolute atomic E-state index is 6.03. The smallest absolute Gasteiger partial charge is 0.197 e. The van der Waals surface area contributed by atoms with Crippen LogP contribution >= 0.6 is 0 Å². The van der Waals surface area contributed by atoms with Crippen LogP contribution in [-0.4, -0.2) is 25.8 Å². The highest BCUT2D eigenvalue weighted by Gasteiger charge is 2.15. The minimum absolute atomic E-state index is 0.354. The highest BCUT2D eigenvalue weighted by Crippen LogP contribution is 2.34. The lowest BCUT2D eigenvalue weighted by atomic mass is 10.1. The molecule has 2 aromatic rings. The summed E-state index contributed by atoms with van der Waals surface area (Å²) in [5.41, 5.74) is 0. The molecule has 2 unspecified atom stereocenters. The Kier molecular flexibility index (Phi) is 7.73. The van der Waals surface area contributed by atoms with E-state index in [1.807, 2.05) is 38.1 Å². The van der Waals surface area contributed by atoms with Crippen molar-refractivity contribution in [3.8, 4) is 11.5 Å². The number of benzene rings is 2. The van der Waals surface area contributed by atoms with Crippen molar-refractivity contribution in [3.05, 3.63) is 36.4 Å². The van der Waals surface area contributed by atoms with E-state index in [0.717, 1.165) is 10.8 Å². The highest BCUT2D eigenvalue weighted by atomic mass is 16.7. The van der Waals surface area contributed by atoms with E-state index >= 15 is 0 Å². The van der Waals surface area contributed by atoms with E-state index in [2.05, 4.69) is 39.8 Å². The summed E-state index contributed by atoms with van der Waals surface area (Å²) >= 11 is 0. The fourth-order valence-electron chi connectivity index (χ4n) is 2.46. The van der Waals surface area contributed by atoms with Gasteiger partial charge < -0.3 is 18.9 Å². The summed E-state index contributed by atoms with van der Waals surface area (Å²) in [6.45, 7) is 13.6. The molecule has 0 amide bonds. The summed E-state index contributed by atoms with van der Waals surface area (Å²) in [5, 5.41) is 2.20. The first-order valence-electron chi connectivity index (χ1n) is 9.44. The maximum atomic E-state index is 6.03. The Balaban J connectivity index is 2.18. The van der Waals surface area contributed by atoms with Gasteiger partial charge in [0.1, 0.15) is 0 Å². The fourth-order valence-corrected chi connectivity index (χ4v) is 2.46. The lowest BCUT2D eigenvalue weighted by molar-refractivity contribution is -0.0894. The van der Waals surface area contributed by atoms with E-state index in [1.54, 1.807) is 0 Å². The van der Waals surface area contributed by atoms with Crippen molar-refractivity contribution in [2.24, 2.45) is 11.8 Å². The number of fused-ring (bicyclic) bond motifs is 1. The second kappa shape index (κ2) is 9.79. The van der Waals surface area contributed by atoms with Crippen LogP contribution in [0.1, 0.15) is 41.5 Å². The largest absolute Gasteiger partial charge is 0.461 e. The van der Waals surface area contributed by atoms with Crippen molar-refractivity contribution in [1.82, 2.24) is 0 Å². The van der Waals surface area contributed by atoms with E-state index in [4.69, 9.17) is 18.9 Å². The summed E-state index contributed by atoms with van der Waals surface area (Å²) in [7, 11) is 0. The maximum Gasteiger partial charge on any atom is 0.197 e. The average Bonchev–Trinajstić information content (AvgIpc) is 2.58. The lowest BCUT2D eigenvalue weighted by Crippen LogP contribution is -2.22. The summed E-state index contributed by atoms with van der Waals surface area (Å²) in [6.07, 6.45) is -0.708. The molecule has 0 saturated heterocycles. The zero-order valence-electron chi connectivity index (χ0n) is 16.8. The van der Waals surface area contributed by atoms with Crippen LogP contribution in [0.2, 0.25) is 0 Å². The number of hydrogen-bond donors (Lipinski definition) is 0. The summed E-state index contributed by atoms with van der Waals surface area (Å²) in [6, 6.07) is 12.1. The first-order chi connectivity index (χ1) is 12.3. The number of hydrogen-bond acceptors (Lipinski definition) is 4. The third-order valence-electron chi connectivity index (χ3n) is 3.73. The van der Waals surface area contributed by atoms with Gasteiger partial charge in [-0.25, -0.2) is 0 Å². The van der Waals surface area contributed by atoms with Gasteiger partial charge in [-0.1, -0.05) is 52.0 Å². The van der Waals surface area contributed by atoms with Gasteiger partial charge in [0.05, 0.1) is 13.2 Å². The molecule has 0 fully saturated rings. The minimum atomic E-state index is -0.354. The summed E-state index contributed by atoms with van der Waals surface area (Å²) in [4.78, 5) is 0. The Morgan fingerprint density at radius 3 is 1.38 bits per heavy atom. The Bertz CT molecular complexity index is 622. The van der Waals surface area contributed by atoms with Crippen molar-refractivity contribution in [2.45, 2.75) is 54.1 Å². The zero-order chi connectivity index (χ0) is 19.1. The molecule has 0 spiro atoms. The molecule has 0 aliphatic carbocycles. The van der Waals surface area contributed by atoms with Crippen LogP contribution in [0.25, 0.3) is 10.8 Å². The molecule has 0 saturated carbocycles. The van der Waals surface area contributed by atoms with Gasteiger partial charge in [0.2, 0.25) is 0 Å². The van der Waals surface area contributed by atoms with Gasteiger partial charge in [0.15, 0.2) is 24.1 Å². The second-order valence-electron chi connectivity index (χ2n) is 7.47. The molecule has 0 aliphatic heterocycles. The Labute approximate surface area is 157 Å². The molecule has 0 radical (unpaired) electrons. The third kappa shape index (κ3) is 6.50. The predicted octanol–water partition coefficient (Wildman–Crippen LogP) is 5.63. The highest BCUT2D eigenvalue weighted by molar-refractivity contribution is 5.86. The molecule has 0 bridgehead atoms. The van der Waals surface area contributed by atoms with E-state index in [0.29, 0.717) is 36.5 Å². The molecule has 2 aromatic carbocycles. The molecule has 0 heterocycles. The van der Waals surface area contributed by atoms with Gasteiger partial charge in [0.25, 0.3) is 0 Å². The zero-order valence-corrected chi connectivity index (χ0v) is 16.8. The van der Waals surface area contributed by atoms with Crippen molar-refractivity contribution in [2.75, 3.05) is 13.2 Å². The van der Waals surface area contributed by atoms with Crippen molar-refractivity contribution >= 4 is 10.8 Å². The van der Waals surface area contributed by atoms with Crippen LogP contribution in [0.4, 0.5) is 0 Å². The first-order valence-corrected chi connectivity index (χ1v) is 9.44. The van der Waals surface area contributed by atoms with Crippen molar-refractivity contribution in [1.29, 1.82) is 0 Å². The fraction of sp³-hybridized carbons (Fsp3) is 0.545. The first kappa shape index (κ1) is 20.5. The van der Waals surface area contributed by atoms with Crippen LogP contribution in [0.15, 0.2) is 36.4 Å². The van der Waals surface area contributed by atoms with E-state index < -0.39 is 0 Å². The Hall–Kier alpha value is -1.78. The molecule has 0 aliphatic rings. The van der Waals surface area contributed by atoms with Gasteiger partial charge in [-0.05, 0) is 48.6 Å². The van der Waals surface area contributed by atoms with Crippen molar-refractivity contribution in [3.63, 3.8) is 0 Å². The quantitative estimate of drug-likeness (QED) is 0.514. The third-order valence-corrected chi connectivity index (χ3v) is 3.73. The molecule has 0 aromatic heterocycles. The van der Waals surface area contributed by atoms with Crippen LogP contribution < -0.4 is 9.47 Å². The molecule has 0 N–H and O–H groups in total. The minimum Gasteiger partial charge on any atom is -0.461 e. The lowest BCUT2D eigenvalue weighted by Gasteiger charge is -2.22. The van der Waals surface area contributed by atoms with Crippen LogP contribution in [-0.2, 0) is 9.47 Å². The van der Waals surface area contributed by atoms with Gasteiger partial charge in [-0.15, -0.1) is 0 Å². The molecular formula is C22H32O4. The van der Waals surface area contributed by atoms with Gasteiger partial charge in [-0.3, -0.25) is 0 Å². The molecule has 2 atom stereocenters. The van der Waals surface area contributed by atoms with E-state index in [-0.39, 0.29) is 12.6 Å². The standard InChI is InChI=1S/C22H32O4/c1-15(2)13-23-17(5)25-21-11-19-9-7-8-10-20(19)12-22(21)26-18(6)24-14-16(3)4/h7-12,15-18H,13-14H2,1-6H3. The molecule has 4 nitrogen and oxygen atoms in total. The molecular weight excluding hydrogens is 328 g/mol. The Morgan fingerprint density at radius 2 is 1.04 bits per heavy atom. The number of rotatable bonds is 10. The SMILES string of the molecule is CC(C)COC(C)Oc1cc2ccccc2cc1OC(C)OCC(C)C.